The van der Waals surface area contributed by atoms with Crippen molar-refractivity contribution in [1.29, 1.82) is 0 Å². The molecule has 3 heteroatoms. The predicted molar refractivity (Wildman–Crippen MR) is 96.6 cm³/mol. The monoisotopic (exact) mass is 352 g/mol. The smallest absolute Gasteiger partial charge is 0.0641 e. The summed E-state index contributed by atoms with van der Waals surface area (Å²) in [5.74, 6) is 0. The molecular formula is C19H17BrN2. The van der Waals surface area contributed by atoms with Crippen LogP contribution in [0, 0.1) is 13.8 Å². The van der Waals surface area contributed by atoms with E-state index in [2.05, 4.69) is 69.7 Å². The Morgan fingerprint density at radius 1 is 0.955 bits per heavy atom. The van der Waals surface area contributed by atoms with Crippen molar-refractivity contribution < 1.29 is 0 Å². The second kappa shape index (κ2) is 6.32. The Morgan fingerprint density at radius 3 is 2.45 bits per heavy atom. The third kappa shape index (κ3) is 3.04. The van der Waals surface area contributed by atoms with Crippen molar-refractivity contribution in [2.75, 3.05) is 0 Å². The number of aryl methyl sites for hydroxylation is 1. The fraction of sp³-hybridized carbons (Fsp3) is 0.105. The molecular weight excluding hydrogens is 336 g/mol. The van der Waals surface area contributed by atoms with Crippen molar-refractivity contribution in [3.05, 3.63) is 82.1 Å². The average Bonchev–Trinajstić information content (AvgIpc) is 2.80. The van der Waals surface area contributed by atoms with Gasteiger partial charge < -0.3 is 4.57 Å². The highest BCUT2D eigenvalue weighted by Gasteiger charge is 2.08. The molecule has 0 radical (unpaired) electrons. The van der Waals surface area contributed by atoms with Crippen molar-refractivity contribution in [1.82, 2.24) is 4.57 Å². The van der Waals surface area contributed by atoms with E-state index in [4.69, 9.17) is 0 Å². The Kier molecular flexibility index (Phi) is 4.25. The quantitative estimate of drug-likeness (QED) is 0.545. The first-order valence-electron chi connectivity index (χ1n) is 7.19. The molecule has 0 aliphatic rings. The minimum Gasteiger partial charge on any atom is -0.318 e. The van der Waals surface area contributed by atoms with Crippen LogP contribution in [-0.2, 0) is 0 Å². The van der Waals surface area contributed by atoms with Crippen LogP contribution >= 0.6 is 15.9 Å². The van der Waals surface area contributed by atoms with Gasteiger partial charge in [0.25, 0.3) is 0 Å². The summed E-state index contributed by atoms with van der Waals surface area (Å²) in [6.45, 7) is 4.25. The molecule has 110 valence electrons. The first-order valence-corrected chi connectivity index (χ1v) is 7.98. The Hall–Kier alpha value is -2.13. The zero-order chi connectivity index (χ0) is 15.5. The van der Waals surface area contributed by atoms with Crippen LogP contribution in [0.4, 0.5) is 5.69 Å². The number of halogens is 1. The first-order chi connectivity index (χ1) is 10.6. The first kappa shape index (κ1) is 14.8. The van der Waals surface area contributed by atoms with Crippen LogP contribution in [0.2, 0.25) is 0 Å². The summed E-state index contributed by atoms with van der Waals surface area (Å²) in [5, 5.41) is 0. The Labute approximate surface area is 139 Å². The van der Waals surface area contributed by atoms with Crippen LogP contribution in [0.1, 0.15) is 17.0 Å². The van der Waals surface area contributed by atoms with Gasteiger partial charge in [0, 0.05) is 33.3 Å². The Balaban J connectivity index is 1.96. The third-order valence-corrected chi connectivity index (χ3v) is 4.14. The summed E-state index contributed by atoms with van der Waals surface area (Å²) in [5.41, 5.74) is 5.67. The minimum absolute atomic E-state index is 0.943. The molecule has 3 aromatic rings. The van der Waals surface area contributed by atoms with Crippen molar-refractivity contribution >= 4 is 27.8 Å². The molecule has 1 aromatic heterocycles. The van der Waals surface area contributed by atoms with E-state index in [9.17, 15) is 0 Å². The highest BCUT2D eigenvalue weighted by atomic mass is 79.9. The number of hydrogen-bond donors (Lipinski definition) is 0. The maximum absolute atomic E-state index is 4.58. The molecule has 0 amide bonds. The number of nitrogens with zero attached hydrogens (tertiary/aromatic N) is 2. The molecule has 0 saturated heterocycles. The summed E-state index contributed by atoms with van der Waals surface area (Å²) >= 11 is 3.47. The van der Waals surface area contributed by atoms with Gasteiger partial charge in [0.2, 0.25) is 0 Å². The number of hydrogen-bond acceptors (Lipinski definition) is 1. The molecule has 0 spiro atoms. The minimum atomic E-state index is 0.943. The summed E-state index contributed by atoms with van der Waals surface area (Å²) in [6.07, 6.45) is 1.93. The third-order valence-electron chi connectivity index (χ3n) is 3.65. The Bertz CT molecular complexity index is 817. The molecule has 0 N–H and O–H groups in total. The largest absolute Gasteiger partial charge is 0.318 e. The van der Waals surface area contributed by atoms with E-state index in [1.165, 1.54) is 17.1 Å². The zero-order valence-electron chi connectivity index (χ0n) is 12.6. The lowest BCUT2D eigenvalue weighted by molar-refractivity contribution is 0.965. The van der Waals surface area contributed by atoms with Gasteiger partial charge in [0.05, 0.1) is 5.69 Å². The van der Waals surface area contributed by atoms with E-state index in [0.29, 0.717) is 0 Å². The molecule has 0 bridgehead atoms. The summed E-state index contributed by atoms with van der Waals surface area (Å²) in [7, 11) is 0. The van der Waals surface area contributed by atoms with Gasteiger partial charge >= 0.3 is 0 Å². The van der Waals surface area contributed by atoms with Gasteiger partial charge in [-0.25, -0.2) is 0 Å². The second-order valence-electron chi connectivity index (χ2n) is 5.24. The highest BCUT2D eigenvalue weighted by Crippen LogP contribution is 2.21. The fourth-order valence-corrected chi connectivity index (χ4v) is 2.98. The van der Waals surface area contributed by atoms with Crippen molar-refractivity contribution in [3.63, 3.8) is 0 Å². The molecule has 1 heterocycles. The van der Waals surface area contributed by atoms with Crippen molar-refractivity contribution in [2.24, 2.45) is 4.99 Å². The van der Waals surface area contributed by atoms with E-state index in [1.54, 1.807) is 0 Å². The van der Waals surface area contributed by atoms with Crippen molar-refractivity contribution in [3.8, 4) is 5.69 Å². The maximum Gasteiger partial charge on any atom is 0.0641 e. The number of rotatable bonds is 3. The topological polar surface area (TPSA) is 17.3 Å². The van der Waals surface area contributed by atoms with Gasteiger partial charge in [-0.2, -0.15) is 0 Å². The van der Waals surface area contributed by atoms with Gasteiger partial charge in [0.1, 0.15) is 0 Å². The zero-order valence-corrected chi connectivity index (χ0v) is 14.2. The maximum atomic E-state index is 4.58. The van der Waals surface area contributed by atoms with E-state index in [-0.39, 0.29) is 0 Å². The molecule has 22 heavy (non-hydrogen) atoms. The number of aromatic nitrogens is 1. The lowest BCUT2D eigenvalue weighted by atomic mass is 10.2. The summed E-state index contributed by atoms with van der Waals surface area (Å²) in [6, 6.07) is 20.6. The van der Waals surface area contributed by atoms with Crippen molar-refractivity contribution in [2.45, 2.75) is 13.8 Å². The van der Waals surface area contributed by atoms with Gasteiger partial charge in [0.15, 0.2) is 0 Å². The summed E-state index contributed by atoms with van der Waals surface area (Å²) < 4.78 is 3.29. The van der Waals surface area contributed by atoms with Crippen LogP contribution in [0.3, 0.4) is 0 Å². The lowest BCUT2D eigenvalue weighted by Crippen LogP contribution is -1.98. The fourth-order valence-electron chi connectivity index (χ4n) is 2.59. The molecule has 2 aromatic carbocycles. The number of para-hydroxylation sites is 1. The molecule has 2 nitrogen and oxygen atoms in total. The predicted octanol–water partition coefficient (Wildman–Crippen LogP) is 5.61. The molecule has 0 aliphatic heterocycles. The van der Waals surface area contributed by atoms with E-state index in [0.717, 1.165) is 15.7 Å². The number of aliphatic imine (C=N–C) groups is 1. The normalized spacial score (nSPS) is 11.2. The molecule has 0 fully saturated rings. The van der Waals surface area contributed by atoms with Gasteiger partial charge in [-0.1, -0.05) is 40.2 Å². The van der Waals surface area contributed by atoms with Crippen LogP contribution in [0.25, 0.3) is 5.69 Å². The average molecular weight is 353 g/mol. The van der Waals surface area contributed by atoms with Crippen LogP contribution in [0.15, 0.2) is 70.1 Å². The molecule has 0 saturated carbocycles. The van der Waals surface area contributed by atoms with Crippen LogP contribution in [-0.4, -0.2) is 10.8 Å². The van der Waals surface area contributed by atoms with E-state index < -0.39 is 0 Å². The SMILES string of the molecule is Cc1cc(C=Nc2cccc(Br)c2)c(C)n1-c1ccccc1. The highest BCUT2D eigenvalue weighted by molar-refractivity contribution is 9.10. The second-order valence-corrected chi connectivity index (χ2v) is 6.15. The van der Waals surface area contributed by atoms with Gasteiger partial charge in [-0.15, -0.1) is 0 Å². The van der Waals surface area contributed by atoms with Crippen LogP contribution in [0.5, 0.6) is 0 Å². The summed E-state index contributed by atoms with van der Waals surface area (Å²) in [4.78, 5) is 4.58. The van der Waals surface area contributed by atoms with Gasteiger partial charge in [-0.05, 0) is 50.2 Å². The molecule has 0 atom stereocenters. The van der Waals surface area contributed by atoms with Gasteiger partial charge in [-0.3, -0.25) is 4.99 Å². The molecule has 3 rings (SSSR count). The number of benzene rings is 2. The van der Waals surface area contributed by atoms with E-state index >= 15 is 0 Å². The Morgan fingerprint density at radius 2 is 1.73 bits per heavy atom. The lowest BCUT2D eigenvalue weighted by Gasteiger charge is -2.08. The van der Waals surface area contributed by atoms with E-state index in [1.807, 2.05) is 36.5 Å². The molecule has 0 unspecified atom stereocenters. The van der Waals surface area contributed by atoms with Crippen LogP contribution < -0.4 is 0 Å². The standard InChI is InChI=1S/C19H17BrN2/c1-14-11-16(13-21-18-8-6-7-17(20)12-18)15(2)22(14)19-9-4-3-5-10-19/h3-13H,1-2H3. The molecule has 0 aliphatic carbocycles.